The Kier molecular flexibility index (Phi) is 5.51. The fraction of sp³-hybridized carbons (Fsp3) is 0.136. The topological polar surface area (TPSA) is 75.3 Å². The molecule has 0 spiro atoms. The number of nitrogens with one attached hydrogen (secondary N) is 2. The van der Waals surface area contributed by atoms with E-state index < -0.39 is 10.0 Å². The first kappa shape index (κ1) is 19.6. The van der Waals surface area contributed by atoms with Crippen molar-refractivity contribution >= 4 is 27.3 Å². The van der Waals surface area contributed by atoms with Gasteiger partial charge in [0.1, 0.15) is 0 Å². The molecule has 2 N–H and O–H groups in total. The molecule has 0 atom stereocenters. The number of hydrogen-bond acceptors (Lipinski definition) is 3. The molecule has 1 amide bonds. The lowest BCUT2D eigenvalue weighted by atomic mass is 10.1. The lowest BCUT2D eigenvalue weighted by Crippen LogP contribution is -2.15. The highest BCUT2D eigenvalue weighted by Crippen LogP contribution is 2.22. The van der Waals surface area contributed by atoms with E-state index in [0.29, 0.717) is 16.8 Å². The van der Waals surface area contributed by atoms with Crippen molar-refractivity contribution in [3.05, 3.63) is 89.0 Å². The SMILES string of the molecule is Cc1ccc(C)c(NC(=O)c2ccc(NS(=O)(=O)c3ccccc3)c(C)c2)c1. The van der Waals surface area contributed by atoms with Crippen LogP contribution in [0.4, 0.5) is 11.4 Å². The highest BCUT2D eigenvalue weighted by atomic mass is 32.2. The third-order valence-corrected chi connectivity index (χ3v) is 5.81. The first-order valence-electron chi connectivity index (χ1n) is 8.83. The maximum absolute atomic E-state index is 12.6. The third-order valence-electron chi connectivity index (χ3n) is 4.43. The largest absolute Gasteiger partial charge is 0.322 e. The zero-order valence-corrected chi connectivity index (χ0v) is 16.8. The van der Waals surface area contributed by atoms with Gasteiger partial charge < -0.3 is 5.32 Å². The summed E-state index contributed by atoms with van der Waals surface area (Å²) in [5.74, 6) is -0.241. The van der Waals surface area contributed by atoms with Gasteiger partial charge in [0.25, 0.3) is 15.9 Å². The van der Waals surface area contributed by atoms with Crippen molar-refractivity contribution in [2.24, 2.45) is 0 Å². The molecule has 0 bridgehead atoms. The number of amides is 1. The summed E-state index contributed by atoms with van der Waals surface area (Å²) in [6, 6.07) is 18.9. The number of anilines is 2. The van der Waals surface area contributed by atoms with E-state index in [1.807, 2.05) is 32.0 Å². The van der Waals surface area contributed by atoms with E-state index >= 15 is 0 Å². The smallest absolute Gasteiger partial charge is 0.261 e. The van der Waals surface area contributed by atoms with Crippen LogP contribution in [0, 0.1) is 20.8 Å². The zero-order valence-electron chi connectivity index (χ0n) is 16.0. The molecule has 0 aliphatic rings. The second-order valence-corrected chi connectivity index (χ2v) is 8.40. The predicted octanol–water partition coefficient (Wildman–Crippen LogP) is 4.66. The second kappa shape index (κ2) is 7.86. The Morgan fingerprint density at radius 2 is 1.50 bits per heavy atom. The standard InChI is InChI=1S/C22H22N2O3S/c1-15-9-10-16(2)21(13-15)23-22(25)18-11-12-20(17(3)14-18)24-28(26,27)19-7-5-4-6-8-19/h4-14,24H,1-3H3,(H,23,25). The number of carbonyl (C=O) groups excluding carboxylic acids is 1. The van der Waals surface area contributed by atoms with Crippen molar-refractivity contribution in [3.63, 3.8) is 0 Å². The fourth-order valence-corrected chi connectivity index (χ4v) is 3.94. The molecule has 3 rings (SSSR count). The van der Waals surface area contributed by atoms with Crippen molar-refractivity contribution in [3.8, 4) is 0 Å². The van der Waals surface area contributed by atoms with Gasteiger partial charge in [-0.05, 0) is 73.9 Å². The van der Waals surface area contributed by atoms with E-state index in [0.717, 1.165) is 16.8 Å². The Morgan fingerprint density at radius 1 is 0.786 bits per heavy atom. The average Bonchev–Trinajstić information content (AvgIpc) is 2.67. The third kappa shape index (κ3) is 4.40. The van der Waals surface area contributed by atoms with Gasteiger partial charge in [-0.25, -0.2) is 8.42 Å². The molecular formula is C22H22N2O3S. The normalized spacial score (nSPS) is 11.1. The molecule has 0 aromatic heterocycles. The molecule has 0 saturated carbocycles. The summed E-state index contributed by atoms with van der Waals surface area (Å²) in [7, 11) is -3.68. The van der Waals surface area contributed by atoms with Crippen molar-refractivity contribution in [2.75, 3.05) is 10.0 Å². The van der Waals surface area contributed by atoms with Crippen molar-refractivity contribution < 1.29 is 13.2 Å². The predicted molar refractivity (Wildman–Crippen MR) is 112 cm³/mol. The van der Waals surface area contributed by atoms with Crippen molar-refractivity contribution in [2.45, 2.75) is 25.7 Å². The lowest BCUT2D eigenvalue weighted by molar-refractivity contribution is 0.102. The molecule has 0 unspecified atom stereocenters. The van der Waals surface area contributed by atoms with Crippen LogP contribution in [-0.2, 0) is 10.0 Å². The van der Waals surface area contributed by atoms with Gasteiger partial charge in [-0.15, -0.1) is 0 Å². The van der Waals surface area contributed by atoms with Gasteiger partial charge in [-0.3, -0.25) is 9.52 Å². The van der Waals surface area contributed by atoms with Crippen LogP contribution in [0.1, 0.15) is 27.0 Å². The Bertz CT molecular complexity index is 1120. The van der Waals surface area contributed by atoms with E-state index in [-0.39, 0.29) is 10.8 Å². The number of sulfonamides is 1. The minimum atomic E-state index is -3.68. The molecule has 0 aliphatic heterocycles. The number of rotatable bonds is 5. The van der Waals surface area contributed by atoms with Crippen molar-refractivity contribution in [1.82, 2.24) is 0 Å². The van der Waals surface area contributed by atoms with Gasteiger partial charge in [0.15, 0.2) is 0 Å². The molecule has 0 fully saturated rings. The summed E-state index contributed by atoms with van der Waals surface area (Å²) >= 11 is 0. The van der Waals surface area contributed by atoms with Gasteiger partial charge in [0.05, 0.1) is 10.6 Å². The summed E-state index contributed by atoms with van der Waals surface area (Å²) < 4.78 is 27.6. The van der Waals surface area contributed by atoms with Crippen LogP contribution in [0.5, 0.6) is 0 Å². The molecular weight excluding hydrogens is 372 g/mol. The average molecular weight is 394 g/mol. The van der Waals surface area contributed by atoms with Crippen molar-refractivity contribution in [1.29, 1.82) is 0 Å². The molecule has 3 aromatic carbocycles. The van der Waals surface area contributed by atoms with Gasteiger partial charge in [-0.1, -0.05) is 30.3 Å². The zero-order chi connectivity index (χ0) is 20.3. The van der Waals surface area contributed by atoms with Crippen LogP contribution in [-0.4, -0.2) is 14.3 Å². The van der Waals surface area contributed by atoms with E-state index in [4.69, 9.17) is 0 Å². The van der Waals surface area contributed by atoms with Crippen LogP contribution in [0.25, 0.3) is 0 Å². The molecule has 28 heavy (non-hydrogen) atoms. The molecule has 0 radical (unpaired) electrons. The minimum Gasteiger partial charge on any atom is -0.322 e. The number of aryl methyl sites for hydroxylation is 3. The molecule has 3 aromatic rings. The molecule has 0 aliphatic carbocycles. The Balaban J connectivity index is 1.80. The summed E-state index contributed by atoms with van der Waals surface area (Å²) in [5.41, 5.74) is 4.35. The summed E-state index contributed by atoms with van der Waals surface area (Å²) in [5, 5.41) is 2.91. The van der Waals surface area contributed by atoms with Crippen LogP contribution in [0.2, 0.25) is 0 Å². The molecule has 144 valence electrons. The Morgan fingerprint density at radius 3 is 2.18 bits per heavy atom. The first-order chi connectivity index (χ1) is 13.3. The van der Waals surface area contributed by atoms with Gasteiger partial charge in [-0.2, -0.15) is 0 Å². The summed E-state index contributed by atoms with van der Waals surface area (Å²) in [6.45, 7) is 5.66. The minimum absolute atomic E-state index is 0.186. The quantitative estimate of drug-likeness (QED) is 0.661. The van der Waals surface area contributed by atoms with Gasteiger partial charge in [0, 0.05) is 11.3 Å². The van der Waals surface area contributed by atoms with Crippen LogP contribution >= 0.6 is 0 Å². The fourth-order valence-electron chi connectivity index (χ4n) is 2.79. The number of benzene rings is 3. The van der Waals surface area contributed by atoms with E-state index in [2.05, 4.69) is 10.0 Å². The monoisotopic (exact) mass is 394 g/mol. The van der Waals surface area contributed by atoms with E-state index in [1.54, 1.807) is 43.3 Å². The van der Waals surface area contributed by atoms with Crippen LogP contribution in [0.3, 0.4) is 0 Å². The van der Waals surface area contributed by atoms with Gasteiger partial charge in [0.2, 0.25) is 0 Å². The number of hydrogen-bond donors (Lipinski definition) is 2. The summed E-state index contributed by atoms with van der Waals surface area (Å²) in [4.78, 5) is 12.8. The Hall–Kier alpha value is -3.12. The molecule has 6 heteroatoms. The molecule has 0 saturated heterocycles. The lowest BCUT2D eigenvalue weighted by Gasteiger charge is -2.13. The highest BCUT2D eigenvalue weighted by Gasteiger charge is 2.16. The second-order valence-electron chi connectivity index (χ2n) is 6.72. The molecule has 0 heterocycles. The van der Waals surface area contributed by atoms with Crippen LogP contribution < -0.4 is 10.0 Å². The molecule has 5 nitrogen and oxygen atoms in total. The highest BCUT2D eigenvalue weighted by molar-refractivity contribution is 7.92. The van der Waals surface area contributed by atoms with E-state index in [9.17, 15) is 13.2 Å². The first-order valence-corrected chi connectivity index (χ1v) is 10.3. The van der Waals surface area contributed by atoms with E-state index in [1.165, 1.54) is 12.1 Å². The van der Waals surface area contributed by atoms with Crippen LogP contribution in [0.15, 0.2) is 71.6 Å². The summed E-state index contributed by atoms with van der Waals surface area (Å²) in [6.07, 6.45) is 0. The number of carbonyl (C=O) groups is 1. The maximum atomic E-state index is 12.6. The van der Waals surface area contributed by atoms with Gasteiger partial charge >= 0.3 is 0 Å². The maximum Gasteiger partial charge on any atom is 0.261 e. The Labute approximate surface area is 165 Å².